The van der Waals surface area contributed by atoms with Gasteiger partial charge in [0.05, 0.1) is 11.5 Å². The van der Waals surface area contributed by atoms with Gasteiger partial charge in [0.15, 0.2) is 5.79 Å². The molecule has 19 heavy (non-hydrogen) atoms. The predicted octanol–water partition coefficient (Wildman–Crippen LogP) is 1.57. The van der Waals surface area contributed by atoms with Crippen molar-refractivity contribution in [3.63, 3.8) is 0 Å². The van der Waals surface area contributed by atoms with E-state index in [-0.39, 0.29) is 24.3 Å². The topological polar surface area (TPSA) is 83.8 Å². The molecule has 0 atom stereocenters. The van der Waals surface area contributed by atoms with Crippen LogP contribution in [-0.2, 0) is 14.3 Å². The molecule has 0 aromatic heterocycles. The van der Waals surface area contributed by atoms with Gasteiger partial charge in [-0.15, -0.1) is 0 Å². The largest absolute Gasteiger partial charge is 0.366 e. The summed E-state index contributed by atoms with van der Waals surface area (Å²) < 4.78 is 28.4. The first-order chi connectivity index (χ1) is 8.77. The summed E-state index contributed by atoms with van der Waals surface area (Å²) in [5.74, 6) is -1.88. The highest BCUT2D eigenvalue weighted by molar-refractivity contribution is 7.86. The van der Waals surface area contributed by atoms with Crippen molar-refractivity contribution in [1.82, 2.24) is 0 Å². The highest BCUT2D eigenvalue weighted by Crippen LogP contribution is 2.17. The van der Waals surface area contributed by atoms with Gasteiger partial charge in [0, 0.05) is 12.8 Å². The second-order valence-electron chi connectivity index (χ2n) is 4.57. The van der Waals surface area contributed by atoms with Crippen LogP contribution in [0.1, 0.15) is 31.7 Å². The fraction of sp³-hybridized carbons (Fsp3) is 0.538. The first-order valence-corrected chi connectivity index (χ1v) is 7.58. The molecule has 0 heterocycles. The van der Waals surface area contributed by atoms with E-state index in [2.05, 4.69) is 0 Å². The van der Waals surface area contributed by atoms with Crippen LogP contribution >= 0.6 is 0 Å². The first-order valence-electron chi connectivity index (χ1n) is 6.18. The molecular formula is C13H20O5S. The molecule has 0 radical (unpaired) electrons. The van der Waals surface area contributed by atoms with Gasteiger partial charge in [0.25, 0.3) is 10.1 Å². The zero-order chi connectivity index (χ0) is 14.5. The van der Waals surface area contributed by atoms with Crippen molar-refractivity contribution < 1.29 is 22.8 Å². The van der Waals surface area contributed by atoms with Crippen molar-refractivity contribution in [2.75, 3.05) is 6.61 Å². The Kier molecular flexibility index (Phi) is 5.49. The highest BCUT2D eigenvalue weighted by atomic mass is 32.2. The van der Waals surface area contributed by atoms with Gasteiger partial charge in [-0.1, -0.05) is 31.0 Å². The van der Waals surface area contributed by atoms with Crippen LogP contribution in [-0.4, -0.2) is 31.0 Å². The van der Waals surface area contributed by atoms with E-state index in [0.717, 1.165) is 5.56 Å². The number of rotatable bonds is 7. The van der Waals surface area contributed by atoms with Crippen molar-refractivity contribution in [2.45, 2.75) is 43.8 Å². The summed E-state index contributed by atoms with van der Waals surface area (Å²) in [5.41, 5.74) is 0.951. The standard InChI is InChI=1S/C13H20O5S/c1-3-8-13(14,15)9-10-18-19(16,17)12-6-4-11(2)5-7-12/h4-7,14-15H,3,8-10H2,1-2H3. The van der Waals surface area contributed by atoms with Gasteiger partial charge in [-0.25, -0.2) is 0 Å². The molecule has 0 fully saturated rings. The number of aryl methyl sites for hydroxylation is 1. The fourth-order valence-corrected chi connectivity index (χ4v) is 2.52. The average Bonchev–Trinajstić information content (AvgIpc) is 2.28. The summed E-state index contributed by atoms with van der Waals surface area (Å²) in [6.45, 7) is 3.40. The molecule has 1 rings (SSSR count). The molecule has 0 amide bonds. The third-order valence-corrected chi connectivity index (χ3v) is 4.03. The Balaban J connectivity index is 2.59. The van der Waals surface area contributed by atoms with Crippen LogP contribution in [0, 0.1) is 6.92 Å². The monoisotopic (exact) mass is 288 g/mol. The van der Waals surface area contributed by atoms with Gasteiger partial charge in [-0.05, 0) is 19.1 Å². The molecule has 6 heteroatoms. The van der Waals surface area contributed by atoms with E-state index in [9.17, 15) is 18.6 Å². The second-order valence-corrected chi connectivity index (χ2v) is 6.19. The lowest BCUT2D eigenvalue weighted by Gasteiger charge is -2.20. The van der Waals surface area contributed by atoms with Crippen molar-refractivity contribution in [3.05, 3.63) is 29.8 Å². The SMILES string of the molecule is CCCC(O)(O)CCOS(=O)(=O)c1ccc(C)cc1. The average molecular weight is 288 g/mol. The van der Waals surface area contributed by atoms with E-state index >= 15 is 0 Å². The van der Waals surface area contributed by atoms with E-state index in [0.29, 0.717) is 6.42 Å². The van der Waals surface area contributed by atoms with Crippen molar-refractivity contribution in [2.24, 2.45) is 0 Å². The van der Waals surface area contributed by atoms with Crippen LogP contribution in [0.25, 0.3) is 0 Å². The molecule has 2 N–H and O–H groups in total. The summed E-state index contributed by atoms with van der Waals surface area (Å²) in [6, 6.07) is 6.27. The van der Waals surface area contributed by atoms with Crippen LogP contribution in [0.15, 0.2) is 29.2 Å². The van der Waals surface area contributed by atoms with Gasteiger partial charge >= 0.3 is 0 Å². The third kappa shape index (κ3) is 5.28. The quantitative estimate of drug-likeness (QED) is 0.588. The van der Waals surface area contributed by atoms with Crippen LogP contribution < -0.4 is 0 Å². The van der Waals surface area contributed by atoms with Crippen LogP contribution in [0.5, 0.6) is 0 Å². The minimum Gasteiger partial charge on any atom is -0.366 e. The number of hydrogen-bond donors (Lipinski definition) is 2. The van der Waals surface area contributed by atoms with E-state index in [1.807, 2.05) is 13.8 Å². The summed E-state index contributed by atoms with van der Waals surface area (Å²) >= 11 is 0. The molecule has 1 aromatic carbocycles. The highest BCUT2D eigenvalue weighted by Gasteiger charge is 2.23. The predicted molar refractivity (Wildman–Crippen MR) is 71.0 cm³/mol. The van der Waals surface area contributed by atoms with Crippen molar-refractivity contribution >= 4 is 10.1 Å². The zero-order valence-corrected chi connectivity index (χ0v) is 12.0. The maximum absolute atomic E-state index is 11.8. The Morgan fingerprint density at radius 2 is 1.74 bits per heavy atom. The molecule has 0 aliphatic rings. The summed E-state index contributed by atoms with van der Waals surface area (Å²) in [7, 11) is -3.84. The lowest BCUT2D eigenvalue weighted by Crippen LogP contribution is -2.29. The Hall–Kier alpha value is -0.950. The second kappa shape index (κ2) is 6.47. The van der Waals surface area contributed by atoms with Gasteiger partial charge in [0.2, 0.25) is 0 Å². The van der Waals surface area contributed by atoms with Gasteiger partial charge in [0.1, 0.15) is 0 Å². The molecule has 5 nitrogen and oxygen atoms in total. The summed E-state index contributed by atoms with van der Waals surface area (Å²) in [6.07, 6.45) is 0.630. The molecule has 1 aromatic rings. The van der Waals surface area contributed by atoms with Crippen LogP contribution in [0.4, 0.5) is 0 Å². The molecule has 0 unspecified atom stereocenters. The van der Waals surface area contributed by atoms with Crippen molar-refractivity contribution in [1.29, 1.82) is 0 Å². The fourth-order valence-electron chi connectivity index (χ4n) is 1.61. The van der Waals surface area contributed by atoms with Crippen molar-refractivity contribution in [3.8, 4) is 0 Å². The number of aliphatic hydroxyl groups is 2. The molecule has 0 saturated carbocycles. The molecule has 0 aliphatic heterocycles. The maximum Gasteiger partial charge on any atom is 0.296 e. The minimum atomic E-state index is -3.84. The normalized spacial score (nSPS) is 12.6. The lowest BCUT2D eigenvalue weighted by molar-refractivity contribution is -0.173. The van der Waals surface area contributed by atoms with Gasteiger partial charge in [-0.2, -0.15) is 8.42 Å². The molecule has 0 bridgehead atoms. The van der Waals surface area contributed by atoms with E-state index < -0.39 is 15.9 Å². The summed E-state index contributed by atoms with van der Waals surface area (Å²) in [4.78, 5) is 0.0649. The number of hydrogen-bond acceptors (Lipinski definition) is 5. The molecule has 108 valence electrons. The number of benzene rings is 1. The molecule has 0 aliphatic carbocycles. The summed E-state index contributed by atoms with van der Waals surface area (Å²) in [5, 5.41) is 19.0. The molecular weight excluding hydrogens is 268 g/mol. The van der Waals surface area contributed by atoms with E-state index in [1.165, 1.54) is 12.1 Å². The first kappa shape index (κ1) is 16.1. The van der Waals surface area contributed by atoms with Gasteiger partial charge < -0.3 is 10.2 Å². The van der Waals surface area contributed by atoms with E-state index in [1.54, 1.807) is 12.1 Å². The lowest BCUT2D eigenvalue weighted by atomic mass is 10.1. The Labute approximate surface area is 114 Å². The third-order valence-electron chi connectivity index (χ3n) is 2.70. The van der Waals surface area contributed by atoms with Crippen LogP contribution in [0.3, 0.4) is 0 Å². The molecule has 0 saturated heterocycles. The Morgan fingerprint density at radius 3 is 2.26 bits per heavy atom. The van der Waals surface area contributed by atoms with Gasteiger partial charge in [-0.3, -0.25) is 4.18 Å². The minimum absolute atomic E-state index is 0.0649. The Bertz CT molecular complexity index is 490. The maximum atomic E-state index is 11.8. The molecule has 0 spiro atoms. The zero-order valence-electron chi connectivity index (χ0n) is 11.2. The Morgan fingerprint density at radius 1 is 1.16 bits per heavy atom. The van der Waals surface area contributed by atoms with Crippen LogP contribution in [0.2, 0.25) is 0 Å². The smallest absolute Gasteiger partial charge is 0.296 e. The van der Waals surface area contributed by atoms with E-state index in [4.69, 9.17) is 4.18 Å².